The molecule has 1 heterocycles. The van der Waals surface area contributed by atoms with E-state index in [1.165, 1.54) is 6.20 Å². The van der Waals surface area contributed by atoms with Gasteiger partial charge in [-0.2, -0.15) is 0 Å². The molecule has 1 aromatic heterocycles. The van der Waals surface area contributed by atoms with E-state index in [9.17, 15) is 4.79 Å². The van der Waals surface area contributed by atoms with E-state index in [4.69, 9.17) is 14.6 Å². The van der Waals surface area contributed by atoms with Crippen LogP contribution in [-0.4, -0.2) is 34.9 Å². The Morgan fingerprint density at radius 3 is 2.61 bits per heavy atom. The minimum Gasteiger partial charge on any atom is -0.477 e. The molecule has 0 atom stereocenters. The summed E-state index contributed by atoms with van der Waals surface area (Å²) >= 11 is 0. The average Bonchev–Trinajstić information content (AvgIpc) is 2.22. The molecule has 0 aliphatic rings. The first-order chi connectivity index (χ1) is 8.31. The van der Waals surface area contributed by atoms with Crippen LogP contribution < -0.4 is 4.74 Å². The number of nitrogens with zero attached hydrogens (tertiary/aromatic N) is 1. The molecule has 0 aliphatic carbocycles. The normalized spacial score (nSPS) is 11.3. The monoisotopic (exact) mass is 253 g/mol. The quantitative estimate of drug-likeness (QED) is 0.815. The first kappa shape index (κ1) is 14.4. The van der Waals surface area contributed by atoms with Crippen LogP contribution in [0.4, 0.5) is 0 Å². The van der Waals surface area contributed by atoms with Gasteiger partial charge in [0.25, 0.3) is 0 Å². The van der Waals surface area contributed by atoms with E-state index >= 15 is 0 Å². The van der Waals surface area contributed by atoms with E-state index in [-0.39, 0.29) is 23.7 Å². The zero-order valence-electron chi connectivity index (χ0n) is 11.2. The number of carboxylic acid groups (broad SMARTS) is 1. The molecular weight excluding hydrogens is 234 g/mol. The van der Waals surface area contributed by atoms with Gasteiger partial charge in [0.05, 0.1) is 12.2 Å². The zero-order chi connectivity index (χ0) is 13.8. The van der Waals surface area contributed by atoms with Gasteiger partial charge in [-0.15, -0.1) is 0 Å². The SMILES string of the molecule is Cc1ccnc(OCCOC(C)(C)C)c1C(=O)O. The van der Waals surface area contributed by atoms with Crippen LogP contribution in [0.2, 0.25) is 0 Å². The van der Waals surface area contributed by atoms with Gasteiger partial charge in [0.1, 0.15) is 12.2 Å². The number of hydrogen-bond acceptors (Lipinski definition) is 4. The Hall–Kier alpha value is -1.62. The number of carbonyl (C=O) groups is 1. The lowest BCUT2D eigenvalue weighted by Gasteiger charge is -2.19. The van der Waals surface area contributed by atoms with E-state index in [1.54, 1.807) is 13.0 Å². The second kappa shape index (κ2) is 5.82. The number of aromatic carboxylic acids is 1. The average molecular weight is 253 g/mol. The molecule has 1 rings (SSSR count). The van der Waals surface area contributed by atoms with Crippen molar-refractivity contribution >= 4 is 5.97 Å². The summed E-state index contributed by atoms with van der Waals surface area (Å²) in [6.07, 6.45) is 1.53. The summed E-state index contributed by atoms with van der Waals surface area (Å²) < 4.78 is 10.8. The van der Waals surface area contributed by atoms with Crippen molar-refractivity contribution in [2.75, 3.05) is 13.2 Å². The van der Waals surface area contributed by atoms with Crippen LogP contribution in [-0.2, 0) is 4.74 Å². The fourth-order valence-electron chi connectivity index (χ4n) is 1.39. The summed E-state index contributed by atoms with van der Waals surface area (Å²) in [6.45, 7) is 8.21. The third-order valence-electron chi connectivity index (χ3n) is 2.20. The van der Waals surface area contributed by atoms with E-state index in [2.05, 4.69) is 4.98 Å². The molecule has 0 aliphatic heterocycles. The van der Waals surface area contributed by atoms with Gasteiger partial charge < -0.3 is 14.6 Å². The van der Waals surface area contributed by atoms with E-state index in [0.717, 1.165) is 0 Å². The van der Waals surface area contributed by atoms with Gasteiger partial charge >= 0.3 is 5.97 Å². The largest absolute Gasteiger partial charge is 0.477 e. The minimum atomic E-state index is -1.03. The summed E-state index contributed by atoms with van der Waals surface area (Å²) in [7, 11) is 0. The molecule has 18 heavy (non-hydrogen) atoms. The van der Waals surface area contributed by atoms with Crippen LogP contribution in [0, 0.1) is 6.92 Å². The molecule has 0 unspecified atom stereocenters. The lowest BCUT2D eigenvalue weighted by molar-refractivity contribution is -0.0169. The third-order valence-corrected chi connectivity index (χ3v) is 2.20. The first-order valence-corrected chi connectivity index (χ1v) is 5.77. The molecule has 0 aromatic carbocycles. The Bertz CT molecular complexity index is 423. The fourth-order valence-corrected chi connectivity index (χ4v) is 1.39. The number of rotatable bonds is 5. The Kier molecular flexibility index (Phi) is 4.67. The topological polar surface area (TPSA) is 68.7 Å². The molecule has 1 aromatic rings. The van der Waals surface area contributed by atoms with Crippen molar-refractivity contribution in [1.82, 2.24) is 4.98 Å². The minimum absolute atomic E-state index is 0.105. The third kappa shape index (κ3) is 4.33. The van der Waals surface area contributed by atoms with Crippen LogP contribution in [0.25, 0.3) is 0 Å². The number of carboxylic acids is 1. The lowest BCUT2D eigenvalue weighted by atomic mass is 10.1. The van der Waals surface area contributed by atoms with Gasteiger partial charge in [-0.3, -0.25) is 0 Å². The summed E-state index contributed by atoms with van der Waals surface area (Å²) in [5.74, 6) is -0.896. The Balaban J connectivity index is 2.63. The molecular formula is C13H19NO4. The second-order valence-electron chi connectivity index (χ2n) is 4.92. The highest BCUT2D eigenvalue weighted by atomic mass is 16.5. The predicted molar refractivity (Wildman–Crippen MR) is 67.1 cm³/mol. The van der Waals surface area contributed by atoms with Crippen molar-refractivity contribution in [3.05, 3.63) is 23.4 Å². The Morgan fingerprint density at radius 2 is 2.06 bits per heavy atom. The van der Waals surface area contributed by atoms with Gasteiger partial charge in [-0.05, 0) is 39.3 Å². The molecule has 0 saturated heterocycles. The Morgan fingerprint density at radius 1 is 1.39 bits per heavy atom. The van der Waals surface area contributed by atoms with E-state index in [1.807, 2.05) is 20.8 Å². The van der Waals surface area contributed by atoms with Crippen molar-refractivity contribution in [1.29, 1.82) is 0 Å². The van der Waals surface area contributed by atoms with Crippen molar-refractivity contribution in [2.45, 2.75) is 33.3 Å². The van der Waals surface area contributed by atoms with Gasteiger partial charge in [0.2, 0.25) is 5.88 Å². The van der Waals surface area contributed by atoms with Gasteiger partial charge in [0, 0.05) is 6.20 Å². The van der Waals surface area contributed by atoms with Crippen molar-refractivity contribution in [2.24, 2.45) is 0 Å². The van der Waals surface area contributed by atoms with E-state index in [0.29, 0.717) is 12.2 Å². The maximum atomic E-state index is 11.1. The van der Waals surface area contributed by atoms with Gasteiger partial charge in [-0.1, -0.05) is 0 Å². The number of aromatic nitrogens is 1. The summed E-state index contributed by atoms with van der Waals surface area (Å²) in [4.78, 5) is 15.0. The molecule has 100 valence electrons. The highest BCUT2D eigenvalue weighted by Crippen LogP contribution is 2.18. The maximum absolute atomic E-state index is 11.1. The summed E-state index contributed by atoms with van der Waals surface area (Å²) in [5.41, 5.74) is 0.497. The molecule has 0 fully saturated rings. The molecule has 0 saturated carbocycles. The highest BCUT2D eigenvalue weighted by molar-refractivity contribution is 5.91. The number of aryl methyl sites for hydroxylation is 1. The van der Waals surface area contributed by atoms with Crippen LogP contribution in [0.3, 0.4) is 0 Å². The maximum Gasteiger partial charge on any atom is 0.341 e. The second-order valence-corrected chi connectivity index (χ2v) is 4.92. The van der Waals surface area contributed by atoms with Crippen LogP contribution >= 0.6 is 0 Å². The zero-order valence-corrected chi connectivity index (χ0v) is 11.2. The van der Waals surface area contributed by atoms with Crippen LogP contribution in [0.5, 0.6) is 5.88 Å². The van der Waals surface area contributed by atoms with Crippen molar-refractivity contribution < 1.29 is 19.4 Å². The van der Waals surface area contributed by atoms with Crippen LogP contribution in [0.1, 0.15) is 36.7 Å². The van der Waals surface area contributed by atoms with Crippen molar-refractivity contribution in [3.8, 4) is 5.88 Å². The number of ether oxygens (including phenoxy) is 2. The van der Waals surface area contributed by atoms with Crippen molar-refractivity contribution in [3.63, 3.8) is 0 Å². The number of hydrogen-bond donors (Lipinski definition) is 1. The molecule has 1 N–H and O–H groups in total. The lowest BCUT2D eigenvalue weighted by Crippen LogP contribution is -2.23. The molecule has 5 nitrogen and oxygen atoms in total. The number of pyridine rings is 1. The van der Waals surface area contributed by atoms with Gasteiger partial charge in [-0.25, -0.2) is 9.78 Å². The smallest absolute Gasteiger partial charge is 0.341 e. The molecule has 0 radical (unpaired) electrons. The first-order valence-electron chi connectivity index (χ1n) is 5.77. The highest BCUT2D eigenvalue weighted by Gasteiger charge is 2.16. The van der Waals surface area contributed by atoms with Gasteiger partial charge in [0.15, 0.2) is 0 Å². The molecule has 5 heteroatoms. The standard InChI is InChI=1S/C13H19NO4/c1-9-5-6-14-11(10(9)12(15)16)17-7-8-18-13(2,3)4/h5-6H,7-8H2,1-4H3,(H,15,16). The predicted octanol–water partition coefficient (Wildman–Crippen LogP) is 2.28. The molecule has 0 spiro atoms. The Labute approximate surface area is 107 Å². The van der Waals surface area contributed by atoms with Crippen LogP contribution in [0.15, 0.2) is 12.3 Å². The molecule has 0 amide bonds. The summed E-state index contributed by atoms with van der Waals surface area (Å²) in [6, 6.07) is 1.64. The fraction of sp³-hybridized carbons (Fsp3) is 0.538. The summed E-state index contributed by atoms with van der Waals surface area (Å²) in [5, 5.41) is 9.08. The molecule has 0 bridgehead atoms. The van der Waals surface area contributed by atoms with E-state index < -0.39 is 5.97 Å².